The molecule has 1 aliphatic carbocycles. The minimum absolute atomic E-state index is 0.0527. The summed E-state index contributed by atoms with van der Waals surface area (Å²) in [6.45, 7) is 6.24. The van der Waals surface area contributed by atoms with Gasteiger partial charge in [0.2, 0.25) is 5.91 Å². The van der Waals surface area contributed by atoms with Crippen molar-refractivity contribution in [2.75, 3.05) is 11.9 Å². The quantitative estimate of drug-likeness (QED) is 0.637. The number of rotatable bonds is 5. The second-order valence-corrected chi connectivity index (χ2v) is 7.25. The molecule has 0 unspecified atom stereocenters. The SMILES string of the molecule is C=CC(=O)N1C[C@H](Nc2ncnc3[nH]cc(C(=O)C4CC4)c23)CC[C@@H]1C. The van der Waals surface area contributed by atoms with Crippen LogP contribution in [-0.2, 0) is 4.79 Å². The van der Waals surface area contributed by atoms with E-state index in [0.717, 1.165) is 31.1 Å². The lowest BCUT2D eigenvalue weighted by Crippen LogP contribution is -2.49. The van der Waals surface area contributed by atoms with Gasteiger partial charge in [0.15, 0.2) is 5.78 Å². The van der Waals surface area contributed by atoms with Crippen LogP contribution in [0.2, 0.25) is 0 Å². The molecule has 4 rings (SSSR count). The molecule has 7 nitrogen and oxygen atoms in total. The molecule has 136 valence electrons. The molecule has 0 radical (unpaired) electrons. The normalized spacial score (nSPS) is 23.0. The average molecular weight is 353 g/mol. The molecule has 2 aliphatic rings. The van der Waals surface area contributed by atoms with Gasteiger partial charge in [-0.1, -0.05) is 6.58 Å². The van der Waals surface area contributed by atoms with E-state index in [1.54, 1.807) is 6.20 Å². The number of likely N-dealkylation sites (tertiary alicyclic amines) is 1. The largest absolute Gasteiger partial charge is 0.365 e. The number of nitrogens with one attached hydrogen (secondary N) is 2. The minimum Gasteiger partial charge on any atom is -0.365 e. The van der Waals surface area contributed by atoms with Crippen LogP contribution in [0.5, 0.6) is 0 Å². The molecule has 1 saturated carbocycles. The van der Waals surface area contributed by atoms with Gasteiger partial charge >= 0.3 is 0 Å². The molecule has 2 aromatic heterocycles. The number of anilines is 1. The van der Waals surface area contributed by atoms with Crippen molar-refractivity contribution < 1.29 is 9.59 Å². The molecule has 2 aromatic rings. The van der Waals surface area contributed by atoms with Gasteiger partial charge in [0.25, 0.3) is 0 Å². The van der Waals surface area contributed by atoms with Crippen molar-refractivity contribution in [1.29, 1.82) is 0 Å². The van der Waals surface area contributed by atoms with Crippen LogP contribution >= 0.6 is 0 Å². The smallest absolute Gasteiger partial charge is 0.246 e. The van der Waals surface area contributed by atoms with E-state index in [1.807, 2.05) is 4.90 Å². The number of nitrogens with zero attached hydrogens (tertiary/aromatic N) is 3. The first kappa shape index (κ1) is 16.8. The van der Waals surface area contributed by atoms with Crippen molar-refractivity contribution >= 4 is 28.5 Å². The van der Waals surface area contributed by atoms with E-state index in [4.69, 9.17) is 0 Å². The predicted molar refractivity (Wildman–Crippen MR) is 99.0 cm³/mol. The van der Waals surface area contributed by atoms with Gasteiger partial charge < -0.3 is 15.2 Å². The summed E-state index contributed by atoms with van der Waals surface area (Å²) in [5.41, 5.74) is 1.32. The summed E-state index contributed by atoms with van der Waals surface area (Å²) < 4.78 is 0. The maximum absolute atomic E-state index is 12.6. The highest BCUT2D eigenvalue weighted by atomic mass is 16.2. The van der Waals surface area contributed by atoms with Crippen LogP contribution in [0.25, 0.3) is 11.0 Å². The van der Waals surface area contributed by atoms with E-state index >= 15 is 0 Å². The van der Waals surface area contributed by atoms with E-state index in [1.165, 1.54) is 12.4 Å². The van der Waals surface area contributed by atoms with Crippen molar-refractivity contribution in [3.05, 3.63) is 30.7 Å². The Balaban J connectivity index is 1.61. The van der Waals surface area contributed by atoms with Crippen LogP contribution in [-0.4, -0.2) is 50.2 Å². The fourth-order valence-electron chi connectivity index (χ4n) is 3.67. The van der Waals surface area contributed by atoms with Gasteiger partial charge in [-0.15, -0.1) is 0 Å². The maximum Gasteiger partial charge on any atom is 0.246 e. The number of H-pyrrole nitrogens is 1. The first-order valence-corrected chi connectivity index (χ1v) is 9.14. The molecule has 1 saturated heterocycles. The number of aromatic amines is 1. The lowest BCUT2D eigenvalue weighted by Gasteiger charge is -2.38. The molecule has 2 atom stereocenters. The van der Waals surface area contributed by atoms with Crippen molar-refractivity contribution in [2.45, 2.75) is 44.7 Å². The maximum atomic E-state index is 12.6. The summed E-state index contributed by atoms with van der Waals surface area (Å²) in [6, 6.07) is 0.273. The number of piperidine rings is 1. The lowest BCUT2D eigenvalue weighted by atomic mass is 9.99. The molecule has 1 aliphatic heterocycles. The molecule has 2 fully saturated rings. The molecule has 0 spiro atoms. The van der Waals surface area contributed by atoms with Crippen LogP contribution in [0.3, 0.4) is 0 Å². The number of fused-ring (bicyclic) bond motifs is 1. The van der Waals surface area contributed by atoms with Crippen LogP contribution in [0, 0.1) is 5.92 Å². The zero-order chi connectivity index (χ0) is 18.3. The van der Waals surface area contributed by atoms with Gasteiger partial charge in [-0.2, -0.15) is 0 Å². The van der Waals surface area contributed by atoms with E-state index in [2.05, 4.69) is 33.8 Å². The van der Waals surface area contributed by atoms with Crippen molar-refractivity contribution in [3.8, 4) is 0 Å². The van der Waals surface area contributed by atoms with Gasteiger partial charge in [-0.25, -0.2) is 9.97 Å². The Hall–Kier alpha value is -2.70. The Morgan fingerprint density at radius 3 is 2.85 bits per heavy atom. The number of aromatic nitrogens is 3. The minimum atomic E-state index is -0.0527. The second kappa shape index (κ2) is 6.55. The topological polar surface area (TPSA) is 91.0 Å². The Morgan fingerprint density at radius 2 is 2.12 bits per heavy atom. The number of Topliss-reactive ketones (excluding diaryl/α,β-unsaturated/α-hetero) is 1. The third-order valence-electron chi connectivity index (χ3n) is 5.36. The van der Waals surface area contributed by atoms with Crippen LogP contribution < -0.4 is 5.32 Å². The molecule has 7 heteroatoms. The fraction of sp³-hybridized carbons (Fsp3) is 0.474. The van der Waals surface area contributed by atoms with Crippen LogP contribution in [0.1, 0.15) is 43.0 Å². The Morgan fingerprint density at radius 1 is 1.31 bits per heavy atom. The van der Waals surface area contributed by atoms with Crippen LogP contribution in [0.15, 0.2) is 25.2 Å². The summed E-state index contributed by atoms with van der Waals surface area (Å²) in [6.07, 6.45) is 8.35. The molecule has 2 N–H and O–H groups in total. The summed E-state index contributed by atoms with van der Waals surface area (Å²) in [7, 11) is 0. The number of amides is 1. The van der Waals surface area contributed by atoms with Gasteiger partial charge in [-0.3, -0.25) is 9.59 Å². The first-order valence-electron chi connectivity index (χ1n) is 9.14. The molecule has 0 bridgehead atoms. The predicted octanol–water partition coefficient (Wildman–Crippen LogP) is 2.53. The fourth-order valence-corrected chi connectivity index (χ4v) is 3.67. The van der Waals surface area contributed by atoms with Crippen LogP contribution in [0.4, 0.5) is 5.82 Å². The summed E-state index contributed by atoms with van der Waals surface area (Å²) in [5.74, 6) is 0.905. The molecular weight excluding hydrogens is 330 g/mol. The third kappa shape index (κ3) is 2.98. The van der Waals surface area contributed by atoms with E-state index in [-0.39, 0.29) is 29.7 Å². The standard InChI is InChI=1S/C19H23N5O2/c1-3-15(25)24-9-13(7-4-11(24)2)23-19-16-14(17(26)12-5-6-12)8-20-18(16)21-10-22-19/h3,8,10-13H,1,4-7,9H2,2H3,(H2,20,21,22,23)/t11-,13+/m0/s1. The van der Waals surface area contributed by atoms with E-state index < -0.39 is 0 Å². The number of carbonyl (C=O) groups is 2. The molecule has 0 aromatic carbocycles. The summed E-state index contributed by atoms with van der Waals surface area (Å²) >= 11 is 0. The zero-order valence-corrected chi connectivity index (χ0v) is 14.9. The molecule has 26 heavy (non-hydrogen) atoms. The Bertz CT molecular complexity index is 870. The van der Waals surface area contributed by atoms with Gasteiger partial charge in [0, 0.05) is 36.3 Å². The number of ketones is 1. The Kier molecular flexibility index (Phi) is 4.22. The van der Waals surface area contributed by atoms with Gasteiger partial charge in [0.1, 0.15) is 17.8 Å². The van der Waals surface area contributed by atoms with Crippen molar-refractivity contribution in [1.82, 2.24) is 19.9 Å². The molecule has 3 heterocycles. The highest BCUT2D eigenvalue weighted by Gasteiger charge is 2.33. The monoisotopic (exact) mass is 353 g/mol. The number of hydrogen-bond acceptors (Lipinski definition) is 5. The first-order chi connectivity index (χ1) is 12.6. The second-order valence-electron chi connectivity index (χ2n) is 7.25. The lowest BCUT2D eigenvalue weighted by molar-refractivity contribution is -0.129. The van der Waals surface area contributed by atoms with Crippen molar-refractivity contribution in [2.24, 2.45) is 5.92 Å². The highest BCUT2D eigenvalue weighted by Crippen LogP contribution is 2.36. The highest BCUT2D eigenvalue weighted by molar-refractivity contribution is 6.12. The number of carbonyl (C=O) groups excluding carboxylic acids is 2. The summed E-state index contributed by atoms with van der Waals surface area (Å²) in [5, 5.41) is 4.20. The summed E-state index contributed by atoms with van der Waals surface area (Å²) in [4.78, 5) is 38.2. The van der Waals surface area contributed by atoms with Gasteiger partial charge in [-0.05, 0) is 38.7 Å². The Labute approximate surface area is 151 Å². The third-order valence-corrected chi connectivity index (χ3v) is 5.36. The number of hydrogen-bond donors (Lipinski definition) is 2. The zero-order valence-electron chi connectivity index (χ0n) is 14.9. The van der Waals surface area contributed by atoms with E-state index in [9.17, 15) is 9.59 Å². The van der Waals surface area contributed by atoms with Gasteiger partial charge in [0.05, 0.1) is 5.39 Å². The average Bonchev–Trinajstić information content (AvgIpc) is 3.41. The molecule has 1 amide bonds. The molecular formula is C19H23N5O2. The van der Waals surface area contributed by atoms with Crippen molar-refractivity contribution in [3.63, 3.8) is 0 Å². The van der Waals surface area contributed by atoms with E-state index in [0.29, 0.717) is 23.6 Å².